The number of nitrogens with one attached hydrogen (secondary N) is 2. The number of imidazole rings is 1. The minimum absolute atomic E-state index is 0.273. The lowest BCUT2D eigenvalue weighted by atomic mass is 10.1. The third-order valence-electron chi connectivity index (χ3n) is 3.27. The van der Waals surface area contributed by atoms with E-state index in [4.69, 9.17) is 0 Å². The molecule has 2 N–H and O–H groups in total. The molecule has 0 atom stereocenters. The zero-order valence-corrected chi connectivity index (χ0v) is 12.3. The first-order chi connectivity index (χ1) is 11.4. The van der Waals surface area contributed by atoms with Crippen molar-refractivity contribution in [1.29, 1.82) is 0 Å². The first kappa shape index (κ1) is 15.8. The molecule has 1 aromatic heterocycles. The summed E-state index contributed by atoms with van der Waals surface area (Å²) in [4.78, 5) is 19.0. The Hall–Kier alpha value is -3.09. The van der Waals surface area contributed by atoms with Crippen molar-refractivity contribution in [2.45, 2.75) is 6.18 Å². The number of nitrogens with zero attached hydrogens (tertiary/aromatic N) is 1. The van der Waals surface area contributed by atoms with Crippen molar-refractivity contribution in [2.24, 2.45) is 0 Å². The average Bonchev–Trinajstić information content (AvgIpc) is 2.94. The summed E-state index contributed by atoms with van der Waals surface area (Å²) in [5.41, 5.74) is 0.997. The number of halogens is 3. The summed E-state index contributed by atoms with van der Waals surface area (Å²) in [5.74, 6) is -0.221. The minimum Gasteiger partial charge on any atom is -0.324 e. The third kappa shape index (κ3) is 3.62. The standard InChI is InChI=1S/C17H12F3N3O/c18-17(19,20)12-5-3-4-11(10-12)8-9-15(24)23-16-21-13-6-1-2-7-14(13)22-16/h1-10H,(H2,21,22,23,24). The summed E-state index contributed by atoms with van der Waals surface area (Å²) in [5, 5.41) is 2.53. The number of amides is 1. The summed E-state index contributed by atoms with van der Waals surface area (Å²) >= 11 is 0. The second-order valence-corrected chi connectivity index (χ2v) is 5.05. The Bertz CT molecular complexity index is 880. The molecule has 0 fully saturated rings. The molecule has 1 amide bonds. The number of aromatic amines is 1. The highest BCUT2D eigenvalue weighted by Crippen LogP contribution is 2.29. The number of rotatable bonds is 3. The third-order valence-corrected chi connectivity index (χ3v) is 3.27. The molecule has 3 rings (SSSR count). The van der Waals surface area contributed by atoms with E-state index in [1.807, 2.05) is 18.2 Å². The molecule has 3 aromatic rings. The number of carbonyl (C=O) groups excluding carboxylic acids is 1. The lowest BCUT2D eigenvalue weighted by Gasteiger charge is -2.06. The number of anilines is 1. The molecule has 0 aliphatic carbocycles. The summed E-state index contributed by atoms with van der Waals surface area (Å²) < 4.78 is 37.9. The Kier molecular flexibility index (Phi) is 4.07. The molecular weight excluding hydrogens is 319 g/mol. The molecule has 0 aliphatic heterocycles. The van der Waals surface area contributed by atoms with Crippen molar-refractivity contribution in [3.05, 3.63) is 65.7 Å². The molecule has 1 heterocycles. The number of hydrogen-bond donors (Lipinski definition) is 2. The maximum atomic E-state index is 12.6. The number of aromatic nitrogens is 2. The monoisotopic (exact) mass is 331 g/mol. The number of benzene rings is 2. The summed E-state index contributed by atoms with van der Waals surface area (Å²) in [6, 6.07) is 12.0. The Balaban J connectivity index is 1.71. The van der Waals surface area contributed by atoms with Gasteiger partial charge in [0.15, 0.2) is 0 Å². The largest absolute Gasteiger partial charge is 0.416 e. The maximum absolute atomic E-state index is 12.6. The molecule has 0 spiro atoms. The fourth-order valence-corrected chi connectivity index (χ4v) is 2.16. The van der Waals surface area contributed by atoms with E-state index in [1.165, 1.54) is 18.2 Å². The van der Waals surface area contributed by atoms with Gasteiger partial charge in [-0.05, 0) is 35.9 Å². The molecule has 122 valence electrons. The normalized spacial score (nSPS) is 12.0. The highest BCUT2D eigenvalue weighted by molar-refractivity contribution is 6.01. The molecule has 0 unspecified atom stereocenters. The predicted octanol–water partition coefficient (Wildman–Crippen LogP) is 4.23. The smallest absolute Gasteiger partial charge is 0.324 e. The summed E-state index contributed by atoms with van der Waals surface area (Å²) in [6.45, 7) is 0. The molecule has 0 aliphatic rings. The second kappa shape index (κ2) is 6.19. The van der Waals surface area contributed by atoms with Gasteiger partial charge in [0.1, 0.15) is 0 Å². The molecule has 0 saturated carbocycles. The average molecular weight is 331 g/mol. The van der Waals surface area contributed by atoms with E-state index in [2.05, 4.69) is 15.3 Å². The number of para-hydroxylation sites is 2. The van der Waals surface area contributed by atoms with Crippen LogP contribution in [0.5, 0.6) is 0 Å². The first-order valence-corrected chi connectivity index (χ1v) is 7.03. The lowest BCUT2D eigenvalue weighted by Crippen LogP contribution is -2.09. The SMILES string of the molecule is O=C(C=Cc1cccc(C(F)(F)F)c1)Nc1nc2ccccc2[nH]1. The number of hydrogen-bond acceptors (Lipinski definition) is 2. The topological polar surface area (TPSA) is 57.8 Å². The van der Waals surface area contributed by atoms with Crippen LogP contribution in [0.2, 0.25) is 0 Å². The Morgan fingerprint density at radius 1 is 1.12 bits per heavy atom. The summed E-state index contributed by atoms with van der Waals surface area (Å²) in [6.07, 6.45) is -1.95. The number of H-pyrrole nitrogens is 1. The fraction of sp³-hybridized carbons (Fsp3) is 0.0588. The van der Waals surface area contributed by atoms with E-state index in [0.29, 0.717) is 5.52 Å². The van der Waals surface area contributed by atoms with E-state index >= 15 is 0 Å². The van der Waals surface area contributed by atoms with Gasteiger partial charge in [-0.2, -0.15) is 13.2 Å². The molecular formula is C17H12F3N3O. The quantitative estimate of drug-likeness (QED) is 0.706. The van der Waals surface area contributed by atoms with E-state index in [0.717, 1.165) is 23.7 Å². The van der Waals surface area contributed by atoms with Crippen LogP contribution in [-0.2, 0) is 11.0 Å². The van der Waals surface area contributed by atoms with Crippen LogP contribution >= 0.6 is 0 Å². The van der Waals surface area contributed by atoms with E-state index in [9.17, 15) is 18.0 Å². The van der Waals surface area contributed by atoms with Crippen molar-refractivity contribution >= 4 is 29.0 Å². The van der Waals surface area contributed by atoms with Crippen molar-refractivity contribution in [2.75, 3.05) is 5.32 Å². The van der Waals surface area contributed by atoms with Gasteiger partial charge in [0.25, 0.3) is 5.91 Å². The van der Waals surface area contributed by atoms with Crippen LogP contribution in [0.25, 0.3) is 17.1 Å². The molecule has 0 radical (unpaired) electrons. The van der Waals surface area contributed by atoms with Gasteiger partial charge in [0.2, 0.25) is 5.95 Å². The molecule has 24 heavy (non-hydrogen) atoms. The van der Waals surface area contributed by atoms with E-state index in [1.54, 1.807) is 6.07 Å². The van der Waals surface area contributed by atoms with Gasteiger partial charge >= 0.3 is 6.18 Å². The molecule has 2 aromatic carbocycles. The number of carbonyl (C=O) groups is 1. The van der Waals surface area contributed by atoms with Crippen molar-refractivity contribution in [3.8, 4) is 0 Å². The highest BCUT2D eigenvalue weighted by atomic mass is 19.4. The van der Waals surface area contributed by atoms with Crippen LogP contribution in [-0.4, -0.2) is 15.9 Å². The lowest BCUT2D eigenvalue weighted by molar-refractivity contribution is -0.137. The Labute approximate surface area is 135 Å². The number of alkyl halides is 3. The summed E-state index contributed by atoms with van der Waals surface area (Å²) in [7, 11) is 0. The molecule has 4 nitrogen and oxygen atoms in total. The molecule has 7 heteroatoms. The first-order valence-electron chi connectivity index (χ1n) is 7.03. The minimum atomic E-state index is -4.42. The van der Waals surface area contributed by atoms with Crippen molar-refractivity contribution < 1.29 is 18.0 Å². The fourth-order valence-electron chi connectivity index (χ4n) is 2.16. The predicted molar refractivity (Wildman–Crippen MR) is 85.2 cm³/mol. The van der Waals surface area contributed by atoms with Gasteiger partial charge in [-0.15, -0.1) is 0 Å². The zero-order chi connectivity index (χ0) is 17.2. The maximum Gasteiger partial charge on any atom is 0.416 e. The van der Waals surface area contributed by atoms with Gasteiger partial charge in [-0.1, -0.05) is 24.3 Å². The van der Waals surface area contributed by atoms with E-state index < -0.39 is 17.6 Å². The van der Waals surface area contributed by atoms with Gasteiger partial charge in [-0.25, -0.2) is 4.98 Å². The van der Waals surface area contributed by atoms with Gasteiger partial charge in [0.05, 0.1) is 16.6 Å². The Morgan fingerprint density at radius 2 is 1.92 bits per heavy atom. The number of fused-ring (bicyclic) bond motifs is 1. The zero-order valence-electron chi connectivity index (χ0n) is 12.3. The molecule has 0 bridgehead atoms. The Morgan fingerprint density at radius 3 is 2.67 bits per heavy atom. The highest BCUT2D eigenvalue weighted by Gasteiger charge is 2.30. The van der Waals surface area contributed by atoms with Gasteiger partial charge < -0.3 is 4.98 Å². The van der Waals surface area contributed by atoms with Crippen LogP contribution in [0.4, 0.5) is 19.1 Å². The van der Waals surface area contributed by atoms with E-state index in [-0.39, 0.29) is 11.5 Å². The van der Waals surface area contributed by atoms with Crippen molar-refractivity contribution in [1.82, 2.24) is 9.97 Å². The van der Waals surface area contributed by atoms with Crippen LogP contribution in [0, 0.1) is 0 Å². The molecule has 0 saturated heterocycles. The van der Waals surface area contributed by atoms with Crippen molar-refractivity contribution in [3.63, 3.8) is 0 Å². The van der Waals surface area contributed by atoms with Crippen LogP contribution in [0.1, 0.15) is 11.1 Å². The van der Waals surface area contributed by atoms with Gasteiger partial charge in [0, 0.05) is 6.08 Å². The van der Waals surface area contributed by atoms with Crippen LogP contribution in [0.3, 0.4) is 0 Å². The van der Waals surface area contributed by atoms with Gasteiger partial charge in [-0.3, -0.25) is 10.1 Å². The second-order valence-electron chi connectivity index (χ2n) is 5.05. The van der Waals surface area contributed by atoms with Crippen LogP contribution < -0.4 is 5.32 Å². The van der Waals surface area contributed by atoms with Crippen LogP contribution in [0.15, 0.2) is 54.6 Å².